The molecule has 5 nitrogen and oxygen atoms in total. The number of aromatic nitrogens is 3. The minimum Gasteiger partial charge on any atom is -0.345 e. The summed E-state index contributed by atoms with van der Waals surface area (Å²) in [6, 6.07) is 3.98. The van der Waals surface area contributed by atoms with Gasteiger partial charge in [-0.05, 0) is 51.5 Å². The third-order valence-electron chi connectivity index (χ3n) is 4.35. The molecule has 3 aromatic rings. The summed E-state index contributed by atoms with van der Waals surface area (Å²) in [5.74, 6) is -0.907. The van der Waals surface area contributed by atoms with E-state index < -0.39 is 11.9 Å². The van der Waals surface area contributed by atoms with E-state index in [4.69, 9.17) is 23.2 Å². The lowest BCUT2D eigenvalue weighted by Gasteiger charge is -2.17. The van der Waals surface area contributed by atoms with Crippen LogP contribution in [0.5, 0.6) is 0 Å². The number of nitrogens with zero attached hydrogens (tertiary/aromatic N) is 3. The van der Waals surface area contributed by atoms with Crippen LogP contribution >= 0.6 is 23.2 Å². The Balaban J connectivity index is 1.90. The highest BCUT2D eigenvalue weighted by atomic mass is 35.5. The Bertz CT molecular complexity index is 1030. The van der Waals surface area contributed by atoms with Gasteiger partial charge in [0.05, 0.1) is 28.5 Å². The minimum atomic E-state index is -0.586. The van der Waals surface area contributed by atoms with Crippen molar-refractivity contribution >= 4 is 40.1 Å². The summed E-state index contributed by atoms with van der Waals surface area (Å²) in [6.45, 7) is 7.53. The number of carbonyl (C=O) groups is 1. The lowest BCUT2D eigenvalue weighted by molar-refractivity contribution is 0.0939. The number of halogens is 3. The molecule has 27 heavy (non-hydrogen) atoms. The molecule has 0 saturated heterocycles. The van der Waals surface area contributed by atoms with Gasteiger partial charge in [-0.2, -0.15) is 5.10 Å². The van der Waals surface area contributed by atoms with Crippen LogP contribution in [0.3, 0.4) is 0 Å². The van der Waals surface area contributed by atoms with Crippen LogP contribution in [0, 0.1) is 12.7 Å². The van der Waals surface area contributed by atoms with Crippen LogP contribution in [0.1, 0.15) is 54.5 Å². The number of carbonyl (C=O) groups excluding carboxylic acids is 1. The third-order valence-corrected chi connectivity index (χ3v) is 4.96. The first-order valence-corrected chi connectivity index (χ1v) is 9.24. The molecule has 1 atom stereocenters. The summed E-state index contributed by atoms with van der Waals surface area (Å²) in [5.41, 5.74) is 2.20. The van der Waals surface area contributed by atoms with Gasteiger partial charge in [-0.3, -0.25) is 4.79 Å². The van der Waals surface area contributed by atoms with E-state index in [0.29, 0.717) is 16.8 Å². The standard InChI is InChI=1S/C19H19Cl2FN4O/c1-9(2)26-18-12(8-23-26)5-14(11(4)24-18)19(27)25-10(3)13-6-17(22)16(21)7-15(13)20/h5-10H,1-4H3,(H,25,27). The number of pyridine rings is 1. The maximum atomic E-state index is 13.8. The fourth-order valence-corrected chi connectivity index (χ4v) is 3.44. The van der Waals surface area contributed by atoms with Gasteiger partial charge in [-0.15, -0.1) is 0 Å². The highest BCUT2D eigenvalue weighted by Gasteiger charge is 2.19. The van der Waals surface area contributed by atoms with Crippen LogP contribution in [-0.2, 0) is 0 Å². The Morgan fingerprint density at radius 2 is 1.89 bits per heavy atom. The Labute approximate surface area is 166 Å². The van der Waals surface area contributed by atoms with Crippen LogP contribution in [0.25, 0.3) is 11.0 Å². The van der Waals surface area contributed by atoms with Crippen LogP contribution in [0.15, 0.2) is 24.4 Å². The number of fused-ring (bicyclic) bond motifs is 1. The lowest BCUT2D eigenvalue weighted by atomic mass is 10.1. The van der Waals surface area contributed by atoms with Gasteiger partial charge in [0.2, 0.25) is 0 Å². The van der Waals surface area contributed by atoms with E-state index in [1.165, 1.54) is 12.1 Å². The van der Waals surface area contributed by atoms with Crippen molar-refractivity contribution in [3.63, 3.8) is 0 Å². The molecule has 142 valence electrons. The van der Waals surface area contributed by atoms with Crippen LogP contribution in [-0.4, -0.2) is 20.7 Å². The van der Waals surface area contributed by atoms with Gasteiger partial charge in [0.1, 0.15) is 5.82 Å². The van der Waals surface area contributed by atoms with Crippen LogP contribution in [0.4, 0.5) is 4.39 Å². The normalized spacial score (nSPS) is 12.6. The minimum absolute atomic E-state index is 0.0602. The van der Waals surface area contributed by atoms with E-state index in [9.17, 15) is 9.18 Å². The van der Waals surface area contributed by atoms with Gasteiger partial charge in [0.15, 0.2) is 5.65 Å². The van der Waals surface area contributed by atoms with Gasteiger partial charge in [-0.1, -0.05) is 23.2 Å². The smallest absolute Gasteiger partial charge is 0.253 e. The van der Waals surface area contributed by atoms with Crippen molar-refractivity contribution in [2.45, 2.75) is 39.8 Å². The highest BCUT2D eigenvalue weighted by molar-refractivity contribution is 6.35. The molecule has 2 aromatic heterocycles. The molecule has 0 fully saturated rings. The Morgan fingerprint density at radius 3 is 2.56 bits per heavy atom. The van der Waals surface area contributed by atoms with Crippen molar-refractivity contribution < 1.29 is 9.18 Å². The molecule has 8 heteroatoms. The molecule has 1 N–H and O–H groups in total. The van der Waals surface area contributed by atoms with E-state index in [1.807, 2.05) is 18.5 Å². The summed E-state index contributed by atoms with van der Waals surface area (Å²) < 4.78 is 15.6. The SMILES string of the molecule is Cc1nc2c(cnn2C(C)C)cc1C(=O)NC(C)c1cc(F)c(Cl)cc1Cl. The van der Waals surface area contributed by atoms with Crippen molar-refractivity contribution in [3.05, 3.63) is 57.1 Å². The molecular formula is C19H19Cl2FN4O. The second-order valence-electron chi connectivity index (χ2n) is 6.70. The summed E-state index contributed by atoms with van der Waals surface area (Å²) >= 11 is 11.9. The molecule has 0 saturated carbocycles. The number of aryl methyl sites for hydroxylation is 1. The summed E-state index contributed by atoms with van der Waals surface area (Å²) in [5, 5.41) is 8.17. The van der Waals surface area contributed by atoms with Gasteiger partial charge in [0.25, 0.3) is 5.91 Å². The molecule has 1 aromatic carbocycles. The van der Waals surface area contributed by atoms with Crippen LogP contribution in [0.2, 0.25) is 10.0 Å². The first-order valence-electron chi connectivity index (χ1n) is 8.49. The summed E-state index contributed by atoms with van der Waals surface area (Å²) in [7, 11) is 0. The molecule has 0 aliphatic heterocycles. The summed E-state index contributed by atoms with van der Waals surface area (Å²) in [6.07, 6.45) is 1.69. The van der Waals surface area contributed by atoms with Crippen molar-refractivity contribution in [1.29, 1.82) is 0 Å². The number of benzene rings is 1. The number of hydrogen-bond acceptors (Lipinski definition) is 3. The number of amides is 1. The fourth-order valence-electron chi connectivity index (χ4n) is 2.90. The average molecular weight is 409 g/mol. The Hall–Kier alpha value is -2.18. The largest absolute Gasteiger partial charge is 0.345 e. The van der Waals surface area contributed by atoms with Crippen LogP contribution < -0.4 is 5.32 Å². The molecular weight excluding hydrogens is 390 g/mol. The van der Waals surface area contributed by atoms with Gasteiger partial charge >= 0.3 is 0 Å². The van der Waals surface area contributed by atoms with E-state index in [1.54, 1.807) is 26.1 Å². The van der Waals surface area contributed by atoms with Crippen molar-refractivity contribution in [2.75, 3.05) is 0 Å². The first-order chi connectivity index (χ1) is 12.7. The molecule has 2 heterocycles. The van der Waals surface area contributed by atoms with Crippen molar-refractivity contribution in [3.8, 4) is 0 Å². The molecule has 0 radical (unpaired) electrons. The zero-order valence-corrected chi connectivity index (χ0v) is 16.9. The van der Waals surface area contributed by atoms with Crippen molar-refractivity contribution in [2.24, 2.45) is 0 Å². The van der Waals surface area contributed by atoms with Gasteiger partial charge in [0, 0.05) is 16.5 Å². The topological polar surface area (TPSA) is 59.8 Å². The second kappa shape index (κ2) is 7.44. The third kappa shape index (κ3) is 3.77. The lowest BCUT2D eigenvalue weighted by Crippen LogP contribution is -2.28. The zero-order valence-electron chi connectivity index (χ0n) is 15.3. The van der Waals surface area contributed by atoms with E-state index in [-0.39, 0.29) is 22.0 Å². The predicted molar refractivity (Wildman–Crippen MR) is 105 cm³/mol. The molecule has 1 amide bonds. The first kappa shape index (κ1) is 19.6. The quantitative estimate of drug-likeness (QED) is 0.599. The average Bonchev–Trinajstić information content (AvgIpc) is 3.00. The summed E-state index contributed by atoms with van der Waals surface area (Å²) in [4.78, 5) is 17.3. The molecule has 0 spiro atoms. The second-order valence-corrected chi connectivity index (χ2v) is 7.51. The van der Waals surface area contributed by atoms with E-state index in [2.05, 4.69) is 15.4 Å². The van der Waals surface area contributed by atoms with Gasteiger partial charge < -0.3 is 5.32 Å². The van der Waals surface area contributed by atoms with E-state index >= 15 is 0 Å². The van der Waals surface area contributed by atoms with Gasteiger partial charge in [-0.25, -0.2) is 14.1 Å². The molecule has 1 unspecified atom stereocenters. The molecule has 0 aliphatic rings. The zero-order chi connectivity index (χ0) is 19.9. The maximum Gasteiger partial charge on any atom is 0.253 e. The molecule has 0 bridgehead atoms. The Kier molecular flexibility index (Phi) is 5.40. The molecule has 3 rings (SSSR count). The fraction of sp³-hybridized carbons (Fsp3) is 0.316. The predicted octanol–water partition coefficient (Wildman–Crippen LogP) is 5.26. The number of hydrogen-bond donors (Lipinski definition) is 1. The molecule has 0 aliphatic carbocycles. The number of rotatable bonds is 4. The highest BCUT2D eigenvalue weighted by Crippen LogP contribution is 2.29. The maximum absolute atomic E-state index is 13.8. The number of nitrogens with one attached hydrogen (secondary N) is 1. The monoisotopic (exact) mass is 408 g/mol. The van der Waals surface area contributed by atoms with Crippen molar-refractivity contribution in [1.82, 2.24) is 20.1 Å². The van der Waals surface area contributed by atoms with E-state index in [0.717, 1.165) is 11.0 Å². The Morgan fingerprint density at radius 1 is 1.19 bits per heavy atom.